The number of aromatic hydroxyl groups is 1. The molecule has 2 nitrogen and oxygen atoms in total. The SMILES string of the molecule is C#C/C=C\C(C)=C(C)C.CC.CC.CC.CC.Cc1ccc(Oc2cc(C)c(O)cc2C)cc1C. The summed E-state index contributed by atoms with van der Waals surface area (Å²) >= 11 is 0. The van der Waals surface area contributed by atoms with Crippen LogP contribution in [0.3, 0.4) is 0 Å². The number of phenolic OH excluding ortho intramolecular Hbond substituents is 1. The van der Waals surface area contributed by atoms with Crippen molar-refractivity contribution in [3.05, 3.63) is 75.9 Å². The minimum atomic E-state index is 0.305. The van der Waals surface area contributed by atoms with E-state index in [0.29, 0.717) is 5.75 Å². The molecule has 0 bridgehead atoms. The Hall–Kier alpha value is -2.92. The van der Waals surface area contributed by atoms with Gasteiger partial charge in [0.15, 0.2) is 0 Å². The van der Waals surface area contributed by atoms with Crippen molar-refractivity contribution < 1.29 is 9.84 Å². The van der Waals surface area contributed by atoms with E-state index in [4.69, 9.17) is 11.2 Å². The molecule has 1 N–H and O–H groups in total. The Kier molecular flexibility index (Phi) is 28.9. The maximum atomic E-state index is 9.62. The molecule has 2 aromatic rings. The third-order valence-electron chi connectivity index (χ3n) is 4.42. The molecule has 0 atom stereocenters. The first-order valence-corrected chi connectivity index (χ1v) is 13.0. The first-order valence-electron chi connectivity index (χ1n) is 13.0. The number of benzene rings is 2. The zero-order chi connectivity index (χ0) is 28.6. The average Bonchev–Trinajstić information content (AvgIpc) is 2.88. The number of terminal acetylenes is 1. The Morgan fingerprint density at radius 1 is 0.743 bits per heavy atom. The number of aryl methyl sites for hydroxylation is 4. The van der Waals surface area contributed by atoms with Crippen LogP contribution >= 0.6 is 0 Å². The maximum Gasteiger partial charge on any atom is 0.130 e. The molecule has 0 saturated carbocycles. The number of hydrogen-bond acceptors (Lipinski definition) is 2. The first-order chi connectivity index (χ1) is 16.6. The number of allylic oxidation sites excluding steroid dienone is 4. The van der Waals surface area contributed by atoms with Gasteiger partial charge < -0.3 is 9.84 Å². The van der Waals surface area contributed by atoms with E-state index in [1.165, 1.54) is 22.3 Å². The van der Waals surface area contributed by atoms with Gasteiger partial charge in [-0.2, -0.15) is 0 Å². The third kappa shape index (κ3) is 18.1. The molecule has 2 heteroatoms. The first kappa shape index (κ1) is 39.3. The highest BCUT2D eigenvalue weighted by Gasteiger charge is 2.06. The molecule has 0 spiro atoms. The zero-order valence-electron chi connectivity index (χ0n) is 25.5. The molecule has 0 radical (unpaired) electrons. The van der Waals surface area contributed by atoms with Crippen LogP contribution in [-0.4, -0.2) is 5.11 Å². The van der Waals surface area contributed by atoms with Crippen LogP contribution in [0.5, 0.6) is 17.2 Å². The van der Waals surface area contributed by atoms with Gasteiger partial charge in [0.2, 0.25) is 0 Å². The normalized spacial score (nSPS) is 8.40. The van der Waals surface area contributed by atoms with E-state index in [1.807, 2.05) is 107 Å². The van der Waals surface area contributed by atoms with Crippen molar-refractivity contribution in [1.82, 2.24) is 0 Å². The lowest BCUT2D eigenvalue weighted by Gasteiger charge is -2.12. The lowest BCUT2D eigenvalue weighted by atomic mass is 10.1. The van der Waals surface area contributed by atoms with E-state index >= 15 is 0 Å². The molecule has 0 amide bonds. The molecule has 0 fully saturated rings. The highest BCUT2D eigenvalue weighted by atomic mass is 16.5. The Labute approximate surface area is 219 Å². The van der Waals surface area contributed by atoms with E-state index in [-0.39, 0.29) is 0 Å². The van der Waals surface area contributed by atoms with Crippen LogP contribution in [0.15, 0.2) is 53.6 Å². The van der Waals surface area contributed by atoms with Gasteiger partial charge in [-0.25, -0.2) is 0 Å². The van der Waals surface area contributed by atoms with E-state index in [2.05, 4.69) is 33.6 Å². The smallest absolute Gasteiger partial charge is 0.130 e. The minimum Gasteiger partial charge on any atom is -0.508 e. The molecule has 2 aromatic carbocycles. The summed E-state index contributed by atoms with van der Waals surface area (Å²) < 4.78 is 5.87. The summed E-state index contributed by atoms with van der Waals surface area (Å²) in [5.74, 6) is 4.36. The highest BCUT2D eigenvalue weighted by Crippen LogP contribution is 2.31. The second-order valence-corrected chi connectivity index (χ2v) is 6.94. The molecule has 35 heavy (non-hydrogen) atoms. The molecule has 2 rings (SSSR count). The highest BCUT2D eigenvalue weighted by molar-refractivity contribution is 5.47. The number of rotatable bonds is 3. The molecular weight excluding hydrogens is 428 g/mol. The van der Waals surface area contributed by atoms with Crippen LogP contribution < -0.4 is 4.74 Å². The Balaban J connectivity index is -0.000000240. The standard InChI is InChI=1S/C16H18O2.C9H12.4C2H6/c1-10-5-6-14(7-11(10)2)18-16-9-12(3)15(17)8-13(16)4;1-5-6-7-9(4)8(2)3;4*1-2/h5-9,17H,1-4H3;1,6-7H,2-4H3;4*1-2H3/b;7-6-;;;;. The molecular formula is C33H54O2. The predicted molar refractivity (Wildman–Crippen MR) is 161 cm³/mol. The molecule has 0 aliphatic carbocycles. The summed E-state index contributed by atoms with van der Waals surface area (Å²) in [7, 11) is 0. The summed E-state index contributed by atoms with van der Waals surface area (Å²) in [6.45, 7) is 30.1. The monoisotopic (exact) mass is 482 g/mol. The van der Waals surface area contributed by atoms with Crippen molar-refractivity contribution in [3.8, 4) is 29.6 Å². The Bertz CT molecular complexity index is 890. The number of ether oxygens (including phenoxy) is 1. The van der Waals surface area contributed by atoms with Crippen LogP contribution in [0, 0.1) is 40.0 Å². The van der Waals surface area contributed by atoms with E-state index < -0.39 is 0 Å². The maximum absolute atomic E-state index is 9.62. The van der Waals surface area contributed by atoms with Crippen molar-refractivity contribution in [1.29, 1.82) is 0 Å². The fourth-order valence-electron chi connectivity index (χ4n) is 2.13. The molecule has 0 aliphatic rings. The van der Waals surface area contributed by atoms with Crippen LogP contribution in [0.2, 0.25) is 0 Å². The van der Waals surface area contributed by atoms with Gasteiger partial charge in [-0.15, -0.1) is 6.42 Å². The van der Waals surface area contributed by atoms with Crippen LogP contribution in [-0.2, 0) is 0 Å². The van der Waals surface area contributed by atoms with Gasteiger partial charge in [0.05, 0.1) is 0 Å². The topological polar surface area (TPSA) is 29.5 Å². The van der Waals surface area contributed by atoms with Gasteiger partial charge in [-0.3, -0.25) is 0 Å². The van der Waals surface area contributed by atoms with Crippen molar-refractivity contribution in [2.45, 2.75) is 104 Å². The lowest BCUT2D eigenvalue weighted by molar-refractivity contribution is 0.457. The van der Waals surface area contributed by atoms with Gasteiger partial charge in [0, 0.05) is 0 Å². The van der Waals surface area contributed by atoms with Crippen molar-refractivity contribution >= 4 is 0 Å². The number of hydrogen-bond donors (Lipinski definition) is 1. The summed E-state index contributed by atoms with van der Waals surface area (Å²) in [4.78, 5) is 0. The summed E-state index contributed by atoms with van der Waals surface area (Å²) in [6, 6.07) is 9.62. The second kappa shape index (κ2) is 25.7. The molecule has 0 aliphatic heterocycles. The van der Waals surface area contributed by atoms with Crippen LogP contribution in [0.25, 0.3) is 0 Å². The van der Waals surface area contributed by atoms with Crippen molar-refractivity contribution in [3.63, 3.8) is 0 Å². The molecule has 0 unspecified atom stereocenters. The number of phenols is 1. The van der Waals surface area contributed by atoms with Gasteiger partial charge in [-0.1, -0.05) is 84.6 Å². The van der Waals surface area contributed by atoms with Crippen molar-refractivity contribution in [2.24, 2.45) is 0 Å². The fourth-order valence-corrected chi connectivity index (χ4v) is 2.13. The summed E-state index contributed by atoms with van der Waals surface area (Å²) in [5, 5.41) is 9.62. The largest absolute Gasteiger partial charge is 0.508 e. The quantitative estimate of drug-likeness (QED) is 0.348. The van der Waals surface area contributed by atoms with Gasteiger partial charge in [0.25, 0.3) is 0 Å². The van der Waals surface area contributed by atoms with E-state index in [0.717, 1.165) is 22.6 Å². The fraction of sp³-hybridized carbons (Fsp3) is 0.455. The summed E-state index contributed by atoms with van der Waals surface area (Å²) in [5.41, 5.74) is 6.76. The summed E-state index contributed by atoms with van der Waals surface area (Å²) in [6.07, 6.45) is 8.67. The third-order valence-corrected chi connectivity index (χ3v) is 4.42. The molecule has 0 aromatic heterocycles. The van der Waals surface area contributed by atoms with Crippen LogP contribution in [0.1, 0.15) is 98.4 Å². The van der Waals surface area contributed by atoms with Gasteiger partial charge in [-0.05, 0) is 101 Å². The Morgan fingerprint density at radius 2 is 1.26 bits per heavy atom. The molecule has 198 valence electrons. The minimum absolute atomic E-state index is 0.305. The molecule has 0 saturated heterocycles. The van der Waals surface area contributed by atoms with E-state index in [9.17, 15) is 5.11 Å². The van der Waals surface area contributed by atoms with Crippen LogP contribution in [0.4, 0.5) is 0 Å². The van der Waals surface area contributed by atoms with Gasteiger partial charge >= 0.3 is 0 Å². The van der Waals surface area contributed by atoms with Gasteiger partial charge in [0.1, 0.15) is 17.2 Å². The average molecular weight is 483 g/mol. The zero-order valence-corrected chi connectivity index (χ0v) is 25.5. The Morgan fingerprint density at radius 3 is 1.69 bits per heavy atom. The lowest BCUT2D eigenvalue weighted by Crippen LogP contribution is -1.90. The predicted octanol–water partition coefficient (Wildman–Crippen LogP) is 11.1. The second-order valence-electron chi connectivity index (χ2n) is 6.94. The van der Waals surface area contributed by atoms with Crippen molar-refractivity contribution in [2.75, 3.05) is 0 Å². The molecule has 0 heterocycles. The van der Waals surface area contributed by atoms with E-state index in [1.54, 1.807) is 12.1 Å².